The fourth-order valence-electron chi connectivity index (χ4n) is 7.98. The predicted octanol–water partition coefficient (Wildman–Crippen LogP) is 5.62. The Kier molecular flexibility index (Phi) is 8.35. The van der Waals surface area contributed by atoms with Gasteiger partial charge in [-0.25, -0.2) is 23.8 Å². The number of nitrogens with one attached hydrogen (secondary N) is 1. The van der Waals surface area contributed by atoms with Crippen molar-refractivity contribution in [1.82, 2.24) is 24.6 Å². The lowest BCUT2D eigenvalue weighted by atomic mass is 9.97. The molecular weight excluding hydrogens is 618 g/mol. The lowest BCUT2D eigenvalue weighted by Gasteiger charge is -2.45. The molecule has 4 aliphatic heterocycles. The van der Waals surface area contributed by atoms with Crippen LogP contribution in [0.15, 0.2) is 55.1 Å². The van der Waals surface area contributed by atoms with E-state index in [2.05, 4.69) is 42.3 Å². The molecule has 13 heteroatoms. The van der Waals surface area contributed by atoms with Crippen LogP contribution in [-0.4, -0.2) is 82.8 Å². The highest BCUT2D eigenvalue weighted by atomic mass is 19.2. The third-order valence-electron chi connectivity index (χ3n) is 10.2. The molecule has 4 aliphatic rings. The highest BCUT2D eigenvalue weighted by molar-refractivity contribution is 5.85. The van der Waals surface area contributed by atoms with Gasteiger partial charge in [0.05, 0.1) is 44.9 Å². The van der Waals surface area contributed by atoms with E-state index in [-0.39, 0.29) is 5.56 Å². The molecule has 2 bridgehead atoms. The minimum absolute atomic E-state index is 0.223. The number of anilines is 4. The van der Waals surface area contributed by atoms with Gasteiger partial charge in [0.2, 0.25) is 0 Å². The van der Waals surface area contributed by atoms with Gasteiger partial charge in [0.25, 0.3) is 0 Å². The molecule has 4 saturated heterocycles. The van der Waals surface area contributed by atoms with Crippen LogP contribution in [0.5, 0.6) is 5.75 Å². The average molecular weight is 659 g/mol. The molecule has 6 heterocycles. The van der Waals surface area contributed by atoms with E-state index in [9.17, 15) is 8.78 Å². The molecule has 8 rings (SSSR count). The van der Waals surface area contributed by atoms with Gasteiger partial charge in [-0.3, -0.25) is 14.4 Å². The third-order valence-corrected chi connectivity index (χ3v) is 10.2. The van der Waals surface area contributed by atoms with Crippen LogP contribution in [0.1, 0.15) is 43.7 Å². The maximum atomic E-state index is 14.7. The minimum Gasteiger partial charge on any atom is -0.494 e. The highest BCUT2D eigenvalue weighted by Gasteiger charge is 2.42. The second kappa shape index (κ2) is 12.9. The summed E-state index contributed by atoms with van der Waals surface area (Å²) >= 11 is 0. The van der Waals surface area contributed by atoms with Gasteiger partial charge >= 0.3 is 0 Å². The molecule has 0 radical (unpaired) electrons. The first-order valence-electron chi connectivity index (χ1n) is 16.7. The zero-order chi connectivity index (χ0) is 32.8. The van der Waals surface area contributed by atoms with Crippen molar-refractivity contribution in [3.8, 4) is 16.9 Å². The van der Waals surface area contributed by atoms with Crippen LogP contribution in [0.25, 0.3) is 11.1 Å². The smallest absolute Gasteiger partial charge is 0.164 e. The maximum Gasteiger partial charge on any atom is 0.164 e. The number of piperidine rings is 1. The summed E-state index contributed by atoms with van der Waals surface area (Å²) in [6.45, 7) is 3.96. The number of benzene rings is 2. The van der Waals surface area contributed by atoms with Crippen molar-refractivity contribution >= 4 is 23.0 Å². The molecular formula is C35H40F2N8O3. The molecule has 0 unspecified atom stereocenters. The molecule has 0 saturated carbocycles. The summed E-state index contributed by atoms with van der Waals surface area (Å²) in [6, 6.07) is 11.3. The normalized spacial score (nSPS) is 23.2. The molecule has 252 valence electrons. The molecule has 1 N–H and O–H groups in total. The van der Waals surface area contributed by atoms with Gasteiger partial charge in [0.15, 0.2) is 17.5 Å². The van der Waals surface area contributed by atoms with Gasteiger partial charge in [0, 0.05) is 85.4 Å². The van der Waals surface area contributed by atoms with E-state index in [0.29, 0.717) is 48.5 Å². The molecule has 2 aromatic heterocycles. The number of ether oxygens (including phenoxy) is 2. The number of hydrogen-bond donors (Lipinski definition) is 1. The van der Waals surface area contributed by atoms with E-state index >= 15 is 0 Å². The number of fused-ring (bicyclic) bond motifs is 2. The largest absolute Gasteiger partial charge is 0.494 e. The SMILES string of the molecule is COc1cc(N2CCC(N3[C@@H]4CC[C@H]3COC4)CC2)c(-c2cnn(C)c2)cc1Nc1cc(N2OCC[C@@H]2c2cccc(F)c2F)ncn1. The quantitative estimate of drug-likeness (QED) is 0.257. The molecule has 48 heavy (non-hydrogen) atoms. The van der Waals surface area contributed by atoms with Crippen molar-refractivity contribution in [2.75, 3.05) is 55.3 Å². The maximum absolute atomic E-state index is 14.7. The van der Waals surface area contributed by atoms with Crippen molar-refractivity contribution in [3.63, 3.8) is 0 Å². The number of aryl methyl sites for hydroxylation is 1. The Balaban J connectivity index is 1.07. The molecule has 0 spiro atoms. The second-order valence-corrected chi connectivity index (χ2v) is 13.1. The fourth-order valence-corrected chi connectivity index (χ4v) is 7.98. The van der Waals surface area contributed by atoms with E-state index < -0.39 is 17.7 Å². The molecule has 4 fully saturated rings. The Bertz CT molecular complexity index is 1760. The van der Waals surface area contributed by atoms with E-state index in [0.717, 1.165) is 67.7 Å². The molecule has 2 aromatic carbocycles. The Morgan fingerprint density at radius 1 is 0.958 bits per heavy atom. The van der Waals surface area contributed by atoms with E-state index in [1.807, 2.05) is 24.1 Å². The molecule has 0 amide bonds. The minimum atomic E-state index is -0.891. The van der Waals surface area contributed by atoms with E-state index in [4.69, 9.17) is 14.3 Å². The van der Waals surface area contributed by atoms with E-state index in [1.54, 1.807) is 19.2 Å². The number of rotatable bonds is 8. The highest BCUT2D eigenvalue weighted by Crippen LogP contribution is 2.43. The van der Waals surface area contributed by atoms with Crippen LogP contribution in [0.3, 0.4) is 0 Å². The van der Waals surface area contributed by atoms with Gasteiger partial charge in [-0.1, -0.05) is 12.1 Å². The monoisotopic (exact) mass is 658 g/mol. The second-order valence-electron chi connectivity index (χ2n) is 13.1. The summed E-state index contributed by atoms with van der Waals surface area (Å²) in [5, 5.41) is 9.41. The van der Waals surface area contributed by atoms with Crippen LogP contribution in [0.2, 0.25) is 0 Å². The first kappa shape index (κ1) is 31.0. The van der Waals surface area contributed by atoms with Gasteiger partial charge in [-0.15, -0.1) is 0 Å². The summed E-state index contributed by atoms with van der Waals surface area (Å²) in [6.07, 6.45) is 10.5. The fraction of sp³-hybridized carbons (Fsp3) is 0.457. The summed E-state index contributed by atoms with van der Waals surface area (Å²) in [7, 11) is 3.58. The van der Waals surface area contributed by atoms with Crippen LogP contribution < -0.4 is 20.0 Å². The topological polar surface area (TPSA) is 93.0 Å². The number of nitrogens with zero attached hydrogens (tertiary/aromatic N) is 7. The first-order valence-corrected chi connectivity index (χ1v) is 16.7. The lowest BCUT2D eigenvalue weighted by molar-refractivity contribution is -0.0407. The summed E-state index contributed by atoms with van der Waals surface area (Å²) in [4.78, 5) is 19.9. The number of methoxy groups -OCH3 is 1. The van der Waals surface area contributed by atoms with Crippen LogP contribution in [-0.2, 0) is 16.6 Å². The Hall–Kier alpha value is -4.33. The third kappa shape index (κ3) is 5.73. The standard InChI is InChI=1S/C35H40F2N8O3/c1-42-18-22(17-40-42)27-14-29(32(46-2)15-31(27)43-11-8-23(9-12-43)44-24-6-7-25(44)20-47-19-24)41-33-16-34(39-21-38-33)45-30(10-13-48-45)26-4-3-5-28(36)35(26)37/h3-5,14-18,21,23-25,30H,6-13,19-20H2,1-2H3,(H,38,39,41)/t24-,25+,30-/m1/s1. The number of hydroxylamine groups is 1. The van der Waals surface area contributed by atoms with Crippen molar-refractivity contribution in [3.05, 3.63) is 72.3 Å². The average Bonchev–Trinajstić information content (AvgIpc) is 3.83. The predicted molar refractivity (Wildman–Crippen MR) is 177 cm³/mol. The zero-order valence-corrected chi connectivity index (χ0v) is 27.2. The van der Waals surface area contributed by atoms with Crippen molar-refractivity contribution in [2.24, 2.45) is 7.05 Å². The Labute approximate surface area is 278 Å². The van der Waals surface area contributed by atoms with Crippen molar-refractivity contribution < 1.29 is 23.1 Å². The van der Waals surface area contributed by atoms with Crippen LogP contribution >= 0.6 is 0 Å². The van der Waals surface area contributed by atoms with E-state index in [1.165, 1.54) is 30.3 Å². The number of morpholine rings is 1. The Morgan fingerprint density at radius 2 is 1.77 bits per heavy atom. The Morgan fingerprint density at radius 3 is 2.52 bits per heavy atom. The van der Waals surface area contributed by atoms with Crippen molar-refractivity contribution in [2.45, 2.75) is 56.3 Å². The van der Waals surface area contributed by atoms with Gasteiger partial charge in [0.1, 0.15) is 17.9 Å². The van der Waals surface area contributed by atoms with Crippen LogP contribution in [0.4, 0.5) is 31.8 Å². The summed E-state index contributed by atoms with van der Waals surface area (Å²) in [5.41, 5.74) is 4.08. The summed E-state index contributed by atoms with van der Waals surface area (Å²) < 4.78 is 42.4. The van der Waals surface area contributed by atoms with Gasteiger partial charge < -0.3 is 19.7 Å². The first-order chi connectivity index (χ1) is 23.5. The number of aromatic nitrogens is 4. The molecule has 0 aliphatic carbocycles. The number of halogens is 2. The molecule has 11 nitrogen and oxygen atoms in total. The van der Waals surface area contributed by atoms with Gasteiger partial charge in [-0.2, -0.15) is 5.10 Å². The summed E-state index contributed by atoms with van der Waals surface area (Å²) in [5.74, 6) is -0.173. The van der Waals surface area contributed by atoms with Crippen molar-refractivity contribution in [1.29, 1.82) is 0 Å². The molecule has 3 atom stereocenters. The molecule has 4 aromatic rings. The van der Waals surface area contributed by atoms with Gasteiger partial charge in [-0.05, 0) is 37.8 Å². The van der Waals surface area contributed by atoms with Crippen LogP contribution in [0, 0.1) is 11.6 Å². The number of hydrogen-bond acceptors (Lipinski definition) is 10. The zero-order valence-electron chi connectivity index (χ0n) is 27.2. The lowest BCUT2D eigenvalue weighted by Crippen LogP contribution is -2.54.